The molecule has 2 rings (SSSR count). The van der Waals surface area contributed by atoms with Crippen molar-refractivity contribution in [3.63, 3.8) is 0 Å². The van der Waals surface area contributed by atoms with Crippen LogP contribution in [0, 0.1) is 17.4 Å². The van der Waals surface area contributed by atoms with Crippen LogP contribution in [0.3, 0.4) is 0 Å². The molecule has 7 nitrogen and oxygen atoms in total. The number of rotatable bonds is 3. The fraction of sp³-hybridized carbons (Fsp3) is 0.364. The topological polar surface area (TPSA) is 106 Å². The molecule has 1 unspecified atom stereocenters. The predicted octanol–water partition coefficient (Wildman–Crippen LogP) is 0.404. The molecule has 19 heavy (non-hydrogen) atoms. The normalized spacial score (nSPS) is 19.8. The lowest BCUT2D eigenvalue weighted by Crippen LogP contribution is -2.25. The third-order valence-electron chi connectivity index (χ3n) is 2.89. The van der Waals surface area contributed by atoms with Crippen molar-refractivity contribution in [3.05, 3.63) is 18.3 Å². The first-order valence-electron chi connectivity index (χ1n) is 5.62. The average Bonchev–Trinajstić information content (AvgIpc) is 2.88. The Morgan fingerprint density at radius 2 is 2.42 bits per heavy atom. The quantitative estimate of drug-likeness (QED) is 0.613. The van der Waals surface area contributed by atoms with Gasteiger partial charge in [0, 0.05) is 19.3 Å². The smallest absolute Gasteiger partial charge is 0.230 e. The van der Waals surface area contributed by atoms with Gasteiger partial charge in [-0.25, -0.2) is 9.19 Å². The van der Waals surface area contributed by atoms with Gasteiger partial charge in [0.1, 0.15) is 5.82 Å². The van der Waals surface area contributed by atoms with Gasteiger partial charge in [-0.05, 0) is 18.6 Å². The lowest BCUT2D eigenvalue weighted by molar-refractivity contribution is -0.119. The molecule has 1 saturated heterocycles. The summed E-state index contributed by atoms with van der Waals surface area (Å²) in [7, 11) is 0. The van der Waals surface area contributed by atoms with Crippen LogP contribution in [0.25, 0.3) is 0 Å². The van der Waals surface area contributed by atoms with Gasteiger partial charge in [-0.3, -0.25) is 4.79 Å². The van der Waals surface area contributed by atoms with E-state index in [1.165, 1.54) is 23.2 Å². The van der Waals surface area contributed by atoms with Gasteiger partial charge in [-0.1, -0.05) is 0 Å². The number of nitrogens with zero attached hydrogens (tertiary/aromatic N) is 3. The van der Waals surface area contributed by atoms with Crippen LogP contribution >= 0.6 is 0 Å². The van der Waals surface area contributed by atoms with E-state index in [9.17, 15) is 9.00 Å². The van der Waals surface area contributed by atoms with Gasteiger partial charge in [0.05, 0.1) is 10.8 Å². The second kappa shape index (κ2) is 5.77. The van der Waals surface area contributed by atoms with Crippen molar-refractivity contribution in [2.45, 2.75) is 11.3 Å². The van der Waals surface area contributed by atoms with Crippen LogP contribution in [0.5, 0.6) is 0 Å². The minimum absolute atomic E-state index is 0.175. The summed E-state index contributed by atoms with van der Waals surface area (Å²) in [6.07, 6.45) is 3.88. The zero-order valence-corrected chi connectivity index (χ0v) is 10.8. The van der Waals surface area contributed by atoms with E-state index in [1.807, 2.05) is 6.19 Å². The van der Waals surface area contributed by atoms with Crippen molar-refractivity contribution in [1.29, 1.82) is 5.26 Å². The average molecular weight is 280 g/mol. The number of nitriles is 1. The third kappa shape index (κ3) is 3.27. The molecule has 100 valence electrons. The van der Waals surface area contributed by atoms with Crippen molar-refractivity contribution in [2.75, 3.05) is 18.4 Å². The summed E-state index contributed by atoms with van der Waals surface area (Å²) < 4.78 is 19.6. The fourth-order valence-electron chi connectivity index (χ4n) is 1.85. The zero-order valence-electron chi connectivity index (χ0n) is 9.94. The monoisotopic (exact) mass is 280 g/mol. The van der Waals surface area contributed by atoms with Gasteiger partial charge in [0.25, 0.3) is 0 Å². The van der Waals surface area contributed by atoms with E-state index in [4.69, 9.17) is 9.81 Å². The Bertz CT molecular complexity index is 540. The predicted molar refractivity (Wildman–Crippen MR) is 67.2 cm³/mol. The minimum Gasteiger partial charge on any atom is -0.310 e. The van der Waals surface area contributed by atoms with E-state index >= 15 is 0 Å². The van der Waals surface area contributed by atoms with E-state index in [0.29, 0.717) is 25.3 Å². The number of amides is 1. The Morgan fingerprint density at radius 1 is 1.63 bits per heavy atom. The summed E-state index contributed by atoms with van der Waals surface area (Å²) >= 11 is -2.08. The van der Waals surface area contributed by atoms with Crippen LogP contribution in [0.1, 0.15) is 6.42 Å². The highest BCUT2D eigenvalue weighted by atomic mass is 32.2. The maximum Gasteiger partial charge on any atom is 0.230 e. The summed E-state index contributed by atoms with van der Waals surface area (Å²) in [5, 5.41) is 11.3. The summed E-state index contributed by atoms with van der Waals surface area (Å²) in [5.74, 6) is -0.0918. The van der Waals surface area contributed by atoms with Crippen LogP contribution in [0.15, 0.2) is 23.2 Å². The number of hydrogen-bond acceptors (Lipinski definition) is 5. The second-order valence-corrected chi connectivity index (χ2v) is 5.12. The molecule has 1 aromatic heterocycles. The van der Waals surface area contributed by atoms with Gasteiger partial charge >= 0.3 is 0 Å². The number of carbonyl (C=O) groups excluding carboxylic acids is 1. The Balaban J connectivity index is 1.96. The van der Waals surface area contributed by atoms with Crippen LogP contribution in [-0.4, -0.2) is 37.6 Å². The highest BCUT2D eigenvalue weighted by Gasteiger charge is 2.27. The first kappa shape index (κ1) is 13.5. The molecule has 0 bridgehead atoms. The van der Waals surface area contributed by atoms with Crippen molar-refractivity contribution in [1.82, 2.24) is 9.88 Å². The summed E-state index contributed by atoms with van der Waals surface area (Å²) in [4.78, 5) is 17.5. The SMILES string of the molecule is N#CN1CC[C@H](C(=O)Nc2ccc(S(=O)O)cn2)C1. The van der Waals surface area contributed by atoms with E-state index < -0.39 is 11.1 Å². The molecule has 1 amide bonds. The maximum atomic E-state index is 11.9. The highest BCUT2D eigenvalue weighted by molar-refractivity contribution is 7.79. The molecule has 0 aromatic carbocycles. The van der Waals surface area contributed by atoms with E-state index in [0.717, 1.165) is 0 Å². The van der Waals surface area contributed by atoms with Crippen LogP contribution < -0.4 is 5.32 Å². The Hall–Kier alpha value is -1.98. The molecular formula is C11H12N4O3S. The summed E-state index contributed by atoms with van der Waals surface area (Å²) in [6, 6.07) is 2.90. The zero-order chi connectivity index (χ0) is 13.8. The molecule has 2 N–H and O–H groups in total. The minimum atomic E-state index is -2.08. The van der Waals surface area contributed by atoms with Crippen molar-refractivity contribution < 1.29 is 13.6 Å². The third-order valence-corrected chi connectivity index (χ3v) is 3.53. The first-order chi connectivity index (χ1) is 9.10. The van der Waals surface area contributed by atoms with Crippen molar-refractivity contribution in [3.8, 4) is 6.19 Å². The molecule has 2 heterocycles. The van der Waals surface area contributed by atoms with Gasteiger partial charge in [0.2, 0.25) is 5.91 Å². The fourth-order valence-corrected chi connectivity index (χ4v) is 2.18. The van der Waals surface area contributed by atoms with Gasteiger partial charge in [-0.2, -0.15) is 5.26 Å². The Labute approximate surface area is 112 Å². The highest BCUT2D eigenvalue weighted by Crippen LogP contribution is 2.17. The summed E-state index contributed by atoms with van der Waals surface area (Å²) in [6.45, 7) is 1.01. The van der Waals surface area contributed by atoms with Gasteiger partial charge in [0.15, 0.2) is 17.3 Å². The maximum absolute atomic E-state index is 11.9. The van der Waals surface area contributed by atoms with E-state index in [-0.39, 0.29) is 16.7 Å². The molecule has 1 fully saturated rings. The van der Waals surface area contributed by atoms with Gasteiger partial charge < -0.3 is 14.8 Å². The molecule has 0 aliphatic carbocycles. The molecule has 1 aromatic rings. The lowest BCUT2D eigenvalue weighted by Gasteiger charge is -2.10. The lowest BCUT2D eigenvalue weighted by atomic mass is 10.1. The van der Waals surface area contributed by atoms with Crippen molar-refractivity contribution in [2.24, 2.45) is 5.92 Å². The van der Waals surface area contributed by atoms with E-state index in [2.05, 4.69) is 10.3 Å². The van der Waals surface area contributed by atoms with Crippen LogP contribution in [-0.2, 0) is 15.9 Å². The number of pyridine rings is 1. The first-order valence-corrected chi connectivity index (χ1v) is 6.73. The molecule has 1 aliphatic rings. The Morgan fingerprint density at radius 3 is 2.95 bits per heavy atom. The molecule has 1 aliphatic heterocycles. The van der Waals surface area contributed by atoms with E-state index in [1.54, 1.807) is 0 Å². The number of aromatic nitrogens is 1. The van der Waals surface area contributed by atoms with Crippen molar-refractivity contribution >= 4 is 22.8 Å². The molecule has 0 spiro atoms. The standard InChI is InChI=1S/C11H12N4O3S/c12-7-15-4-3-8(6-15)11(16)14-10-2-1-9(5-13-10)19(17)18/h1-2,5,8H,3-4,6H2,(H,17,18)(H,13,14,16)/t8-/m0/s1. The molecule has 2 atom stereocenters. The summed E-state index contributed by atoms with van der Waals surface area (Å²) in [5.41, 5.74) is 0. The molecular weight excluding hydrogens is 268 g/mol. The number of carbonyl (C=O) groups is 1. The number of anilines is 1. The number of hydrogen-bond donors (Lipinski definition) is 2. The van der Waals surface area contributed by atoms with Crippen LogP contribution in [0.2, 0.25) is 0 Å². The molecule has 0 saturated carbocycles. The van der Waals surface area contributed by atoms with Crippen LogP contribution in [0.4, 0.5) is 5.82 Å². The second-order valence-electron chi connectivity index (χ2n) is 4.15. The largest absolute Gasteiger partial charge is 0.310 e. The molecule has 0 radical (unpaired) electrons. The number of likely N-dealkylation sites (tertiary alicyclic amines) is 1. The number of nitrogens with one attached hydrogen (secondary N) is 1. The molecule has 8 heteroatoms. The Kier molecular flexibility index (Phi) is 4.09. The van der Waals surface area contributed by atoms with Gasteiger partial charge in [-0.15, -0.1) is 0 Å².